The van der Waals surface area contributed by atoms with Gasteiger partial charge in [-0.05, 0) is 36.2 Å². The van der Waals surface area contributed by atoms with Gasteiger partial charge in [0.1, 0.15) is 0 Å². The van der Waals surface area contributed by atoms with Crippen molar-refractivity contribution in [2.45, 2.75) is 31.5 Å². The Labute approximate surface area is 149 Å². The first-order valence-electron chi connectivity index (χ1n) is 9.40. The van der Waals surface area contributed by atoms with Crippen LogP contribution in [0.25, 0.3) is 0 Å². The molecule has 1 fully saturated rings. The van der Waals surface area contributed by atoms with Crippen LogP contribution in [0.4, 0.5) is 11.4 Å². The molecule has 0 aliphatic carbocycles. The number of nitrogens with zero attached hydrogens (tertiary/aromatic N) is 1. The minimum atomic E-state index is 0.610. The van der Waals surface area contributed by atoms with E-state index >= 15 is 0 Å². The monoisotopic (exact) mass is 335 g/mol. The summed E-state index contributed by atoms with van der Waals surface area (Å²) in [6, 6.07) is 15.9. The second-order valence-electron chi connectivity index (χ2n) is 7.32. The fraction of sp³-hybridized carbons (Fsp3) is 0.429. The highest BCUT2D eigenvalue weighted by molar-refractivity contribution is 5.72. The lowest BCUT2D eigenvalue weighted by molar-refractivity contribution is 0.130. The van der Waals surface area contributed by atoms with Gasteiger partial charge < -0.3 is 20.3 Å². The molecule has 5 rings (SSSR count). The molecule has 0 radical (unpaired) electrons. The second-order valence-corrected chi connectivity index (χ2v) is 7.32. The minimum Gasteiger partial charge on any atom is -0.381 e. The molecule has 0 spiro atoms. The smallest absolute Gasteiger partial charge is 0.0738 e. The van der Waals surface area contributed by atoms with E-state index in [2.05, 4.69) is 58.0 Å². The summed E-state index contributed by atoms with van der Waals surface area (Å²) >= 11 is 0. The van der Waals surface area contributed by atoms with Gasteiger partial charge in [0.15, 0.2) is 0 Å². The average molecular weight is 335 g/mol. The van der Waals surface area contributed by atoms with E-state index in [4.69, 9.17) is 4.74 Å². The van der Waals surface area contributed by atoms with Gasteiger partial charge in [0.25, 0.3) is 0 Å². The fourth-order valence-corrected chi connectivity index (χ4v) is 4.69. The molecule has 130 valence electrons. The lowest BCUT2D eigenvalue weighted by Gasteiger charge is -2.33. The van der Waals surface area contributed by atoms with Gasteiger partial charge in [-0.15, -0.1) is 0 Å². The van der Waals surface area contributed by atoms with Crippen molar-refractivity contribution in [1.29, 1.82) is 0 Å². The highest BCUT2D eigenvalue weighted by atomic mass is 16.5. The molecule has 0 saturated carbocycles. The number of hydrogen-bond acceptors (Lipinski definition) is 4. The van der Waals surface area contributed by atoms with E-state index in [9.17, 15) is 0 Å². The Hall–Kier alpha value is -2.04. The summed E-state index contributed by atoms with van der Waals surface area (Å²) in [4.78, 5) is 2.63. The molecule has 3 aliphatic heterocycles. The van der Waals surface area contributed by atoms with Crippen LogP contribution in [0.1, 0.15) is 29.0 Å². The molecular weight excluding hydrogens is 310 g/mol. The largest absolute Gasteiger partial charge is 0.381 e. The van der Waals surface area contributed by atoms with Crippen LogP contribution >= 0.6 is 0 Å². The van der Waals surface area contributed by atoms with Gasteiger partial charge in [0.2, 0.25) is 0 Å². The topological polar surface area (TPSA) is 36.5 Å². The molecule has 0 aromatic heterocycles. The van der Waals surface area contributed by atoms with Crippen LogP contribution in [0, 0.1) is 0 Å². The van der Waals surface area contributed by atoms with Gasteiger partial charge in [-0.1, -0.05) is 30.3 Å². The van der Waals surface area contributed by atoms with Crippen molar-refractivity contribution in [3.63, 3.8) is 0 Å². The Morgan fingerprint density at radius 1 is 1.20 bits per heavy atom. The van der Waals surface area contributed by atoms with Crippen LogP contribution in [0.3, 0.4) is 0 Å². The third-order valence-electron chi connectivity index (χ3n) is 5.82. The number of benzene rings is 2. The highest BCUT2D eigenvalue weighted by Gasteiger charge is 2.41. The summed E-state index contributed by atoms with van der Waals surface area (Å²) in [7, 11) is 0. The van der Waals surface area contributed by atoms with Crippen molar-refractivity contribution in [3.8, 4) is 0 Å². The Kier molecular flexibility index (Phi) is 3.87. The van der Waals surface area contributed by atoms with E-state index in [0.29, 0.717) is 12.0 Å². The summed E-state index contributed by atoms with van der Waals surface area (Å²) in [5, 5.41) is 7.22. The van der Waals surface area contributed by atoms with Crippen LogP contribution in [-0.2, 0) is 17.9 Å². The maximum atomic E-state index is 5.89. The maximum absolute atomic E-state index is 5.89. The summed E-state index contributed by atoms with van der Waals surface area (Å²) < 4.78 is 5.89. The Morgan fingerprint density at radius 2 is 2.12 bits per heavy atom. The Bertz CT molecular complexity index is 761. The number of nitrogens with one attached hydrogen (secondary N) is 2. The molecule has 2 aromatic rings. The van der Waals surface area contributed by atoms with Gasteiger partial charge in [-0.2, -0.15) is 0 Å². The molecule has 4 nitrogen and oxygen atoms in total. The number of piperidine rings is 1. The van der Waals surface area contributed by atoms with Crippen LogP contribution < -0.4 is 15.5 Å². The van der Waals surface area contributed by atoms with Crippen LogP contribution in [-0.4, -0.2) is 32.3 Å². The molecule has 3 aliphatic rings. The molecule has 0 bridgehead atoms. The van der Waals surface area contributed by atoms with Gasteiger partial charge in [-0.25, -0.2) is 0 Å². The van der Waals surface area contributed by atoms with Crippen molar-refractivity contribution in [3.05, 3.63) is 59.2 Å². The van der Waals surface area contributed by atoms with Crippen LogP contribution in [0.5, 0.6) is 0 Å². The number of fused-ring (bicyclic) bond motifs is 3. The lowest BCUT2D eigenvalue weighted by Crippen LogP contribution is -2.44. The van der Waals surface area contributed by atoms with Crippen molar-refractivity contribution in [2.75, 3.05) is 36.5 Å². The maximum Gasteiger partial charge on any atom is 0.0738 e. The second kappa shape index (κ2) is 6.36. The van der Waals surface area contributed by atoms with E-state index in [1.165, 1.54) is 34.5 Å². The lowest BCUT2D eigenvalue weighted by atomic mass is 9.89. The van der Waals surface area contributed by atoms with E-state index in [1.54, 1.807) is 0 Å². The third-order valence-corrected chi connectivity index (χ3v) is 5.82. The van der Waals surface area contributed by atoms with E-state index in [0.717, 1.165) is 39.4 Å². The van der Waals surface area contributed by atoms with Crippen molar-refractivity contribution in [2.24, 2.45) is 0 Å². The standard InChI is InChI=1S/C21H25N3O/c1-2-4-15(5-3-1)12-23-17-10-16-14-25-9-8-24-20-6-7-22-13-19(20)18(11-17)21(16)24/h1-5,10-11,19-20,22-23H,6-9,12-14H2/t19-,20-/m0/s1. The van der Waals surface area contributed by atoms with Gasteiger partial charge >= 0.3 is 0 Å². The Morgan fingerprint density at radius 3 is 3.04 bits per heavy atom. The normalized spacial score (nSPS) is 24.4. The predicted molar refractivity (Wildman–Crippen MR) is 101 cm³/mol. The molecule has 4 heteroatoms. The van der Waals surface area contributed by atoms with E-state index in [-0.39, 0.29) is 0 Å². The first-order valence-corrected chi connectivity index (χ1v) is 9.40. The molecule has 0 amide bonds. The summed E-state index contributed by atoms with van der Waals surface area (Å²) in [5.41, 5.74) is 6.84. The van der Waals surface area contributed by atoms with Gasteiger partial charge in [0.05, 0.1) is 13.2 Å². The van der Waals surface area contributed by atoms with Crippen LogP contribution in [0.2, 0.25) is 0 Å². The van der Waals surface area contributed by atoms with Crippen molar-refractivity contribution >= 4 is 11.4 Å². The summed E-state index contributed by atoms with van der Waals surface area (Å²) in [6.07, 6.45) is 1.23. The molecule has 2 N–H and O–H groups in total. The van der Waals surface area contributed by atoms with Gasteiger partial charge in [-0.3, -0.25) is 0 Å². The first-order chi connectivity index (χ1) is 12.4. The predicted octanol–water partition coefficient (Wildman–Crippen LogP) is 3.09. The number of anilines is 2. The first kappa shape index (κ1) is 15.2. The molecule has 2 atom stereocenters. The molecule has 25 heavy (non-hydrogen) atoms. The molecule has 1 saturated heterocycles. The zero-order valence-electron chi connectivity index (χ0n) is 14.5. The summed E-state index contributed by atoms with van der Waals surface area (Å²) in [5.74, 6) is 0.610. The zero-order chi connectivity index (χ0) is 16.6. The zero-order valence-corrected chi connectivity index (χ0v) is 14.5. The highest BCUT2D eigenvalue weighted by Crippen LogP contribution is 2.47. The van der Waals surface area contributed by atoms with E-state index in [1.807, 2.05) is 0 Å². The SMILES string of the molecule is c1ccc(CNc2cc3c4c(c2)[C@@H]2CNCC[C@@H]2N4CCOC3)cc1. The number of rotatable bonds is 3. The average Bonchev–Trinajstić information content (AvgIpc) is 2.83. The Balaban J connectivity index is 1.48. The third kappa shape index (κ3) is 2.70. The molecule has 0 unspecified atom stereocenters. The molecule has 2 aromatic carbocycles. The molecular formula is C21H25N3O. The fourth-order valence-electron chi connectivity index (χ4n) is 4.69. The number of hydrogen-bond donors (Lipinski definition) is 2. The van der Waals surface area contributed by atoms with Gasteiger partial charge in [0, 0.05) is 48.5 Å². The van der Waals surface area contributed by atoms with E-state index < -0.39 is 0 Å². The molecule has 3 heterocycles. The minimum absolute atomic E-state index is 0.610. The summed E-state index contributed by atoms with van der Waals surface area (Å²) in [6.45, 7) is 5.66. The van der Waals surface area contributed by atoms with Crippen molar-refractivity contribution < 1.29 is 4.74 Å². The van der Waals surface area contributed by atoms with Crippen molar-refractivity contribution in [1.82, 2.24) is 5.32 Å². The van der Waals surface area contributed by atoms with Crippen LogP contribution in [0.15, 0.2) is 42.5 Å². The number of ether oxygens (including phenoxy) is 1. The quantitative estimate of drug-likeness (QED) is 0.904.